The number of rotatable bonds is 6. The van der Waals surface area contributed by atoms with Crippen molar-refractivity contribution in [3.05, 3.63) is 65.2 Å². The van der Waals surface area contributed by atoms with Crippen LogP contribution < -0.4 is 20.7 Å². The molecule has 0 aliphatic rings. The van der Waals surface area contributed by atoms with Gasteiger partial charge in [-0.2, -0.15) is 0 Å². The van der Waals surface area contributed by atoms with E-state index in [1.165, 1.54) is 0 Å². The molecule has 3 amide bonds. The number of amides is 3. The van der Waals surface area contributed by atoms with Crippen LogP contribution in [0.15, 0.2) is 48.5 Å². The molecule has 0 radical (unpaired) electrons. The van der Waals surface area contributed by atoms with Gasteiger partial charge >= 0.3 is 6.03 Å². The number of methoxy groups -OCH3 is 1. The summed E-state index contributed by atoms with van der Waals surface area (Å²) in [5, 5.41) is 8.13. The first kappa shape index (κ1) is 17.3. The van der Waals surface area contributed by atoms with Gasteiger partial charge in [0, 0.05) is 25.7 Å². The maximum atomic E-state index is 11.8. The van der Waals surface area contributed by atoms with Crippen LogP contribution in [0.5, 0.6) is 5.75 Å². The largest absolute Gasteiger partial charge is 0.497 e. The van der Waals surface area contributed by atoms with Crippen molar-refractivity contribution in [3.8, 4) is 5.75 Å². The first-order valence-electron chi connectivity index (χ1n) is 7.58. The molecule has 0 aromatic heterocycles. The Morgan fingerprint density at radius 1 is 0.958 bits per heavy atom. The van der Waals surface area contributed by atoms with Crippen molar-refractivity contribution in [2.75, 3.05) is 14.2 Å². The molecule has 0 fully saturated rings. The zero-order valence-corrected chi connectivity index (χ0v) is 13.8. The lowest BCUT2D eigenvalue weighted by molar-refractivity contribution is 0.0963. The number of benzene rings is 2. The van der Waals surface area contributed by atoms with Crippen molar-refractivity contribution >= 4 is 11.9 Å². The third-order valence-corrected chi connectivity index (χ3v) is 3.48. The highest BCUT2D eigenvalue weighted by Gasteiger charge is 2.04. The third kappa shape index (κ3) is 5.01. The summed E-state index contributed by atoms with van der Waals surface area (Å²) >= 11 is 0. The summed E-state index contributed by atoms with van der Waals surface area (Å²) in [6, 6.07) is 14.3. The van der Waals surface area contributed by atoms with Gasteiger partial charge in [-0.05, 0) is 35.4 Å². The van der Waals surface area contributed by atoms with Gasteiger partial charge in [0.2, 0.25) is 0 Å². The lowest BCUT2D eigenvalue weighted by atomic mass is 10.1. The maximum absolute atomic E-state index is 11.8. The van der Waals surface area contributed by atoms with Crippen LogP contribution in [0.4, 0.5) is 4.79 Å². The number of hydrogen-bond acceptors (Lipinski definition) is 3. The summed E-state index contributed by atoms with van der Waals surface area (Å²) in [6.45, 7) is 0.802. The van der Waals surface area contributed by atoms with E-state index in [4.69, 9.17) is 4.74 Å². The molecule has 0 unspecified atom stereocenters. The second-order valence-electron chi connectivity index (χ2n) is 5.16. The first-order valence-corrected chi connectivity index (χ1v) is 7.58. The molecule has 0 aliphatic carbocycles. The van der Waals surface area contributed by atoms with Crippen LogP contribution in [0.3, 0.4) is 0 Å². The molecule has 0 saturated carbocycles. The molecule has 24 heavy (non-hydrogen) atoms. The summed E-state index contributed by atoms with van der Waals surface area (Å²) < 4.78 is 5.14. The minimum absolute atomic E-state index is 0.134. The second kappa shape index (κ2) is 8.57. The zero-order valence-electron chi connectivity index (χ0n) is 13.8. The van der Waals surface area contributed by atoms with E-state index in [1.807, 2.05) is 36.4 Å². The Hall–Kier alpha value is -3.02. The van der Waals surface area contributed by atoms with Crippen LogP contribution >= 0.6 is 0 Å². The summed E-state index contributed by atoms with van der Waals surface area (Å²) in [7, 11) is 3.19. The van der Waals surface area contributed by atoms with Gasteiger partial charge in [-0.15, -0.1) is 0 Å². The molecule has 2 aromatic rings. The molecule has 6 heteroatoms. The van der Waals surface area contributed by atoms with Crippen LogP contribution in [-0.2, 0) is 13.1 Å². The highest BCUT2D eigenvalue weighted by atomic mass is 16.5. The number of carbonyl (C=O) groups excluding carboxylic acids is 2. The molecule has 0 atom stereocenters. The lowest BCUT2D eigenvalue weighted by Gasteiger charge is -2.09. The molecule has 0 saturated heterocycles. The molecule has 0 aliphatic heterocycles. The molecule has 6 nitrogen and oxygen atoms in total. The average Bonchev–Trinajstić information content (AvgIpc) is 2.64. The Kier molecular flexibility index (Phi) is 6.19. The Morgan fingerprint density at radius 3 is 2.25 bits per heavy atom. The fraction of sp³-hybridized carbons (Fsp3) is 0.222. The molecule has 3 N–H and O–H groups in total. The van der Waals surface area contributed by atoms with E-state index < -0.39 is 0 Å². The summed E-state index contributed by atoms with van der Waals surface area (Å²) in [4.78, 5) is 23.3. The summed E-state index contributed by atoms with van der Waals surface area (Å²) in [5.41, 5.74) is 2.46. The third-order valence-electron chi connectivity index (χ3n) is 3.48. The number of urea groups is 1. The molecule has 2 rings (SSSR count). The second-order valence-corrected chi connectivity index (χ2v) is 5.16. The predicted molar refractivity (Wildman–Crippen MR) is 91.9 cm³/mol. The fourth-order valence-corrected chi connectivity index (χ4v) is 2.13. The topological polar surface area (TPSA) is 79.5 Å². The van der Waals surface area contributed by atoms with Gasteiger partial charge in [-0.1, -0.05) is 24.3 Å². The number of nitrogens with one attached hydrogen (secondary N) is 3. The van der Waals surface area contributed by atoms with Crippen LogP contribution in [0, 0.1) is 0 Å². The van der Waals surface area contributed by atoms with Gasteiger partial charge in [0.15, 0.2) is 0 Å². The smallest absolute Gasteiger partial charge is 0.315 e. The van der Waals surface area contributed by atoms with E-state index in [0.29, 0.717) is 18.7 Å². The van der Waals surface area contributed by atoms with Crippen molar-refractivity contribution in [2.24, 2.45) is 0 Å². The number of ether oxygens (including phenoxy) is 1. The zero-order chi connectivity index (χ0) is 17.4. The Morgan fingerprint density at radius 2 is 1.62 bits per heavy atom. The van der Waals surface area contributed by atoms with Gasteiger partial charge in [0.25, 0.3) is 5.91 Å². The van der Waals surface area contributed by atoms with Crippen LogP contribution in [0.1, 0.15) is 21.5 Å². The first-order chi connectivity index (χ1) is 11.6. The standard InChI is InChI=1S/C18H21N3O3/c1-19-17(22)15-8-6-13(7-9-15)11-20-18(23)21-12-14-4-3-5-16(10-14)24-2/h3-10H,11-12H2,1-2H3,(H,19,22)(H2,20,21,23). The lowest BCUT2D eigenvalue weighted by Crippen LogP contribution is -2.34. The van der Waals surface area contributed by atoms with E-state index in [9.17, 15) is 9.59 Å². The van der Waals surface area contributed by atoms with Crippen LogP contribution in [0.25, 0.3) is 0 Å². The monoisotopic (exact) mass is 327 g/mol. The van der Waals surface area contributed by atoms with Gasteiger partial charge < -0.3 is 20.7 Å². The van der Waals surface area contributed by atoms with E-state index >= 15 is 0 Å². The fourth-order valence-electron chi connectivity index (χ4n) is 2.13. The highest BCUT2D eigenvalue weighted by molar-refractivity contribution is 5.93. The number of hydrogen-bond donors (Lipinski definition) is 3. The van der Waals surface area contributed by atoms with Gasteiger partial charge in [0.05, 0.1) is 7.11 Å². The van der Waals surface area contributed by atoms with Crippen molar-refractivity contribution in [1.82, 2.24) is 16.0 Å². The Labute approximate surface area is 141 Å². The normalized spacial score (nSPS) is 9.92. The maximum Gasteiger partial charge on any atom is 0.315 e. The molecular formula is C18H21N3O3. The molecule has 126 valence electrons. The molecular weight excluding hydrogens is 306 g/mol. The van der Waals surface area contributed by atoms with E-state index in [1.54, 1.807) is 26.3 Å². The van der Waals surface area contributed by atoms with Crippen LogP contribution in [-0.4, -0.2) is 26.1 Å². The van der Waals surface area contributed by atoms with Gasteiger partial charge in [0.1, 0.15) is 5.75 Å². The van der Waals surface area contributed by atoms with Crippen molar-refractivity contribution in [2.45, 2.75) is 13.1 Å². The average molecular weight is 327 g/mol. The van der Waals surface area contributed by atoms with E-state index in [-0.39, 0.29) is 11.9 Å². The SMILES string of the molecule is CNC(=O)c1ccc(CNC(=O)NCc2cccc(OC)c2)cc1. The highest BCUT2D eigenvalue weighted by Crippen LogP contribution is 2.12. The van der Waals surface area contributed by atoms with Crippen LogP contribution in [0.2, 0.25) is 0 Å². The minimum Gasteiger partial charge on any atom is -0.497 e. The predicted octanol–water partition coefficient (Wildman–Crippen LogP) is 2.05. The summed E-state index contributed by atoms with van der Waals surface area (Å²) in [6.07, 6.45) is 0. The van der Waals surface area contributed by atoms with Crippen molar-refractivity contribution < 1.29 is 14.3 Å². The van der Waals surface area contributed by atoms with Gasteiger partial charge in [-0.3, -0.25) is 4.79 Å². The van der Waals surface area contributed by atoms with Gasteiger partial charge in [-0.25, -0.2) is 4.79 Å². The quantitative estimate of drug-likeness (QED) is 0.760. The Balaban J connectivity index is 1.79. The molecule has 0 bridgehead atoms. The molecule has 2 aromatic carbocycles. The van der Waals surface area contributed by atoms with E-state index in [2.05, 4.69) is 16.0 Å². The molecule has 0 spiro atoms. The minimum atomic E-state index is -0.256. The van der Waals surface area contributed by atoms with Crippen molar-refractivity contribution in [3.63, 3.8) is 0 Å². The van der Waals surface area contributed by atoms with E-state index in [0.717, 1.165) is 16.9 Å². The molecule has 0 heterocycles. The van der Waals surface area contributed by atoms with Crippen molar-refractivity contribution in [1.29, 1.82) is 0 Å². The number of carbonyl (C=O) groups is 2. The Bertz CT molecular complexity index is 699. The summed E-state index contributed by atoms with van der Waals surface area (Å²) in [5.74, 6) is 0.622.